The molecule has 1 saturated carbocycles. The SMILES string of the molecule is C[C@@H](Nc1cccc(S(N)(=O)=O)c1)C1CCC1. The highest BCUT2D eigenvalue weighted by molar-refractivity contribution is 7.89. The van der Waals surface area contributed by atoms with Crippen LogP contribution in [0.2, 0.25) is 0 Å². The Bertz CT molecular complexity index is 495. The molecule has 1 aromatic carbocycles. The normalized spacial score (nSPS) is 18.5. The number of rotatable bonds is 4. The molecule has 4 nitrogen and oxygen atoms in total. The van der Waals surface area contributed by atoms with Gasteiger partial charge >= 0.3 is 0 Å². The van der Waals surface area contributed by atoms with Gasteiger partial charge in [-0.1, -0.05) is 12.5 Å². The molecule has 0 unspecified atom stereocenters. The van der Waals surface area contributed by atoms with Crippen molar-refractivity contribution in [2.24, 2.45) is 11.1 Å². The van der Waals surface area contributed by atoms with E-state index in [2.05, 4.69) is 12.2 Å². The van der Waals surface area contributed by atoms with Crippen LogP contribution in [0.4, 0.5) is 5.69 Å². The summed E-state index contributed by atoms with van der Waals surface area (Å²) >= 11 is 0. The highest BCUT2D eigenvalue weighted by Crippen LogP contribution is 2.31. The van der Waals surface area contributed by atoms with E-state index in [1.807, 2.05) is 6.07 Å². The van der Waals surface area contributed by atoms with E-state index in [9.17, 15) is 8.42 Å². The molecule has 1 fully saturated rings. The number of nitrogens with one attached hydrogen (secondary N) is 1. The Balaban J connectivity index is 2.11. The van der Waals surface area contributed by atoms with E-state index in [4.69, 9.17) is 5.14 Å². The van der Waals surface area contributed by atoms with Gasteiger partial charge in [0.2, 0.25) is 10.0 Å². The second-order valence-electron chi connectivity index (χ2n) is 4.70. The van der Waals surface area contributed by atoms with Gasteiger partial charge < -0.3 is 5.32 Å². The fraction of sp³-hybridized carbons (Fsp3) is 0.500. The Morgan fingerprint density at radius 3 is 2.65 bits per heavy atom. The minimum absolute atomic E-state index is 0.156. The summed E-state index contributed by atoms with van der Waals surface area (Å²) in [5, 5.41) is 8.43. The van der Waals surface area contributed by atoms with E-state index >= 15 is 0 Å². The van der Waals surface area contributed by atoms with Crippen molar-refractivity contribution in [1.82, 2.24) is 0 Å². The van der Waals surface area contributed by atoms with Crippen LogP contribution >= 0.6 is 0 Å². The maximum atomic E-state index is 11.2. The van der Waals surface area contributed by atoms with E-state index in [-0.39, 0.29) is 4.90 Å². The summed E-state index contributed by atoms with van der Waals surface area (Å²) in [7, 11) is -3.61. The minimum atomic E-state index is -3.61. The van der Waals surface area contributed by atoms with Gasteiger partial charge in [-0.2, -0.15) is 0 Å². The summed E-state index contributed by atoms with van der Waals surface area (Å²) in [4.78, 5) is 0.156. The predicted octanol–water partition coefficient (Wildman–Crippen LogP) is 1.93. The van der Waals surface area contributed by atoms with Gasteiger partial charge in [0.25, 0.3) is 0 Å². The van der Waals surface area contributed by atoms with Crippen molar-refractivity contribution in [2.45, 2.75) is 37.1 Å². The Kier molecular flexibility index (Phi) is 3.40. The number of nitrogens with two attached hydrogens (primary N) is 1. The van der Waals surface area contributed by atoms with Crippen LogP contribution in [0, 0.1) is 5.92 Å². The molecule has 1 aromatic rings. The van der Waals surface area contributed by atoms with Gasteiger partial charge in [0.15, 0.2) is 0 Å². The fourth-order valence-electron chi connectivity index (χ4n) is 2.08. The lowest BCUT2D eigenvalue weighted by Gasteiger charge is -2.32. The topological polar surface area (TPSA) is 72.2 Å². The van der Waals surface area contributed by atoms with Crippen LogP contribution in [0.1, 0.15) is 26.2 Å². The van der Waals surface area contributed by atoms with Crippen LogP contribution in [0.25, 0.3) is 0 Å². The van der Waals surface area contributed by atoms with Crippen molar-refractivity contribution in [3.63, 3.8) is 0 Å². The molecule has 94 valence electrons. The van der Waals surface area contributed by atoms with Crippen molar-refractivity contribution in [3.05, 3.63) is 24.3 Å². The summed E-state index contributed by atoms with van der Waals surface area (Å²) < 4.78 is 22.4. The fourth-order valence-corrected chi connectivity index (χ4v) is 2.64. The molecule has 5 heteroatoms. The maximum absolute atomic E-state index is 11.2. The molecule has 2 rings (SSSR count). The average Bonchev–Trinajstić information content (AvgIpc) is 2.13. The van der Waals surface area contributed by atoms with Gasteiger partial charge in [0.1, 0.15) is 0 Å². The van der Waals surface area contributed by atoms with E-state index < -0.39 is 10.0 Å². The van der Waals surface area contributed by atoms with Crippen LogP contribution in [-0.2, 0) is 10.0 Å². The predicted molar refractivity (Wildman–Crippen MR) is 68.2 cm³/mol. The Labute approximate surface area is 102 Å². The zero-order valence-corrected chi connectivity index (χ0v) is 10.7. The molecule has 1 atom stereocenters. The molecule has 3 N–H and O–H groups in total. The van der Waals surface area contributed by atoms with Crippen LogP contribution < -0.4 is 10.5 Å². The maximum Gasteiger partial charge on any atom is 0.238 e. The molecule has 1 aliphatic carbocycles. The lowest BCUT2D eigenvalue weighted by molar-refractivity contribution is 0.285. The van der Waals surface area contributed by atoms with Gasteiger partial charge in [0.05, 0.1) is 4.90 Å². The average molecular weight is 254 g/mol. The Morgan fingerprint density at radius 1 is 1.41 bits per heavy atom. The van der Waals surface area contributed by atoms with Gasteiger partial charge in [-0.05, 0) is 43.9 Å². The van der Waals surface area contributed by atoms with Crippen LogP contribution in [0.3, 0.4) is 0 Å². The zero-order valence-electron chi connectivity index (χ0n) is 9.89. The molecule has 1 aliphatic rings. The van der Waals surface area contributed by atoms with Crippen LogP contribution in [0.5, 0.6) is 0 Å². The van der Waals surface area contributed by atoms with Gasteiger partial charge in [-0.15, -0.1) is 0 Å². The molecule has 0 radical (unpaired) electrons. The van der Waals surface area contributed by atoms with Crippen molar-refractivity contribution in [3.8, 4) is 0 Å². The van der Waals surface area contributed by atoms with E-state index in [0.29, 0.717) is 12.0 Å². The molecule has 0 spiro atoms. The number of hydrogen-bond acceptors (Lipinski definition) is 3. The first kappa shape index (κ1) is 12.4. The van der Waals surface area contributed by atoms with Crippen LogP contribution in [-0.4, -0.2) is 14.5 Å². The standard InChI is InChI=1S/C12H18N2O2S/c1-9(10-4-2-5-10)14-11-6-3-7-12(8-11)17(13,15)16/h3,6-10,14H,2,4-5H2,1H3,(H2,13,15,16)/t9-/m1/s1. The molecule has 17 heavy (non-hydrogen) atoms. The lowest BCUT2D eigenvalue weighted by atomic mass is 9.80. The first-order chi connectivity index (χ1) is 7.97. The second kappa shape index (κ2) is 4.66. The zero-order chi connectivity index (χ0) is 12.5. The third-order valence-corrected chi connectivity index (χ3v) is 4.32. The lowest BCUT2D eigenvalue weighted by Crippen LogP contribution is -2.30. The highest BCUT2D eigenvalue weighted by Gasteiger charge is 2.23. The number of primary sulfonamides is 1. The quantitative estimate of drug-likeness (QED) is 0.862. The summed E-state index contributed by atoms with van der Waals surface area (Å²) in [5.74, 6) is 0.702. The number of benzene rings is 1. The van der Waals surface area contributed by atoms with Crippen molar-refractivity contribution in [2.75, 3.05) is 5.32 Å². The minimum Gasteiger partial charge on any atom is -0.382 e. The summed E-state index contributed by atoms with van der Waals surface area (Å²) in [6.45, 7) is 2.13. The Morgan fingerprint density at radius 2 is 2.12 bits per heavy atom. The van der Waals surface area contributed by atoms with Gasteiger partial charge in [-0.3, -0.25) is 0 Å². The third-order valence-electron chi connectivity index (χ3n) is 3.41. The molecule has 0 bridgehead atoms. The summed E-state index contributed by atoms with van der Waals surface area (Å²) in [6, 6.07) is 7.04. The van der Waals surface area contributed by atoms with Gasteiger partial charge in [-0.25, -0.2) is 13.6 Å². The number of sulfonamides is 1. The van der Waals surface area contributed by atoms with E-state index in [1.165, 1.54) is 25.3 Å². The largest absolute Gasteiger partial charge is 0.382 e. The Hall–Kier alpha value is -1.07. The molecule has 0 saturated heterocycles. The molecular weight excluding hydrogens is 236 g/mol. The summed E-state index contributed by atoms with van der Waals surface area (Å²) in [6.07, 6.45) is 3.81. The smallest absolute Gasteiger partial charge is 0.238 e. The second-order valence-corrected chi connectivity index (χ2v) is 6.26. The monoisotopic (exact) mass is 254 g/mol. The van der Waals surface area contributed by atoms with Crippen molar-refractivity contribution < 1.29 is 8.42 Å². The molecule has 0 aliphatic heterocycles. The van der Waals surface area contributed by atoms with Crippen molar-refractivity contribution >= 4 is 15.7 Å². The first-order valence-electron chi connectivity index (χ1n) is 5.86. The molecule has 0 heterocycles. The number of hydrogen-bond donors (Lipinski definition) is 2. The van der Waals surface area contributed by atoms with Crippen molar-refractivity contribution in [1.29, 1.82) is 0 Å². The van der Waals surface area contributed by atoms with E-state index in [0.717, 1.165) is 5.69 Å². The molecule has 0 amide bonds. The molecule has 0 aromatic heterocycles. The number of anilines is 1. The molecular formula is C12H18N2O2S. The van der Waals surface area contributed by atoms with Gasteiger partial charge in [0, 0.05) is 11.7 Å². The third kappa shape index (κ3) is 2.98. The highest BCUT2D eigenvalue weighted by atomic mass is 32.2. The first-order valence-corrected chi connectivity index (χ1v) is 7.41. The summed E-state index contributed by atoms with van der Waals surface area (Å²) in [5.41, 5.74) is 0.816. The van der Waals surface area contributed by atoms with E-state index in [1.54, 1.807) is 12.1 Å². The van der Waals surface area contributed by atoms with Crippen LogP contribution in [0.15, 0.2) is 29.2 Å².